The van der Waals surface area contributed by atoms with E-state index in [1.807, 2.05) is 12.1 Å². The van der Waals surface area contributed by atoms with Gasteiger partial charge in [-0.3, -0.25) is 0 Å². The second-order valence-corrected chi connectivity index (χ2v) is 5.84. The summed E-state index contributed by atoms with van der Waals surface area (Å²) in [5, 5.41) is 4.17. The molecule has 1 aliphatic rings. The van der Waals surface area contributed by atoms with Crippen LogP contribution in [-0.2, 0) is 16.0 Å². The maximum absolute atomic E-state index is 6.41. The van der Waals surface area contributed by atoms with Gasteiger partial charge in [0.1, 0.15) is 0 Å². The van der Waals surface area contributed by atoms with Crippen molar-refractivity contribution in [3.05, 3.63) is 28.8 Å². The Labute approximate surface area is 132 Å². The summed E-state index contributed by atoms with van der Waals surface area (Å²) in [5.74, 6) is 0. The maximum atomic E-state index is 6.41. The number of hydrogen-bond donors (Lipinski definition) is 1. The van der Waals surface area contributed by atoms with Gasteiger partial charge < -0.3 is 19.7 Å². The second-order valence-electron chi connectivity index (χ2n) is 5.43. The third-order valence-electron chi connectivity index (χ3n) is 3.75. The van der Waals surface area contributed by atoms with E-state index in [2.05, 4.69) is 23.3 Å². The Hall–Kier alpha value is -0.810. The number of anilines is 1. The topological polar surface area (TPSA) is 33.7 Å². The number of benzene rings is 1. The molecule has 5 heteroatoms. The van der Waals surface area contributed by atoms with Crippen LogP contribution >= 0.6 is 11.6 Å². The predicted molar refractivity (Wildman–Crippen MR) is 87.3 cm³/mol. The normalized spacial score (nSPS) is 18.1. The molecule has 118 valence electrons. The zero-order valence-electron chi connectivity index (χ0n) is 12.9. The summed E-state index contributed by atoms with van der Waals surface area (Å²) in [7, 11) is 3.80. The minimum absolute atomic E-state index is 0.320. The van der Waals surface area contributed by atoms with E-state index in [1.54, 1.807) is 7.11 Å². The van der Waals surface area contributed by atoms with E-state index in [0.29, 0.717) is 12.7 Å². The molecular formula is C16H25ClN2O2. The van der Waals surface area contributed by atoms with Crippen molar-refractivity contribution in [3.63, 3.8) is 0 Å². The molecule has 1 N–H and O–H groups in total. The van der Waals surface area contributed by atoms with E-state index in [-0.39, 0.29) is 0 Å². The number of methoxy groups -OCH3 is 1. The largest absolute Gasteiger partial charge is 0.383 e. The highest BCUT2D eigenvalue weighted by Gasteiger charge is 2.20. The molecule has 0 aliphatic carbocycles. The quantitative estimate of drug-likeness (QED) is 0.748. The summed E-state index contributed by atoms with van der Waals surface area (Å²) in [6.45, 7) is 4.09. The van der Waals surface area contributed by atoms with E-state index >= 15 is 0 Å². The lowest BCUT2D eigenvalue weighted by atomic mass is 10.1. The number of rotatable bonds is 8. The van der Waals surface area contributed by atoms with Gasteiger partial charge in [0.25, 0.3) is 0 Å². The minimum Gasteiger partial charge on any atom is -0.383 e. The fourth-order valence-electron chi connectivity index (χ4n) is 2.71. The van der Waals surface area contributed by atoms with Crippen LogP contribution in [0.15, 0.2) is 18.2 Å². The molecule has 4 nitrogen and oxygen atoms in total. The van der Waals surface area contributed by atoms with Crippen molar-refractivity contribution < 1.29 is 9.47 Å². The Kier molecular flexibility index (Phi) is 6.77. The first-order chi connectivity index (χ1) is 10.2. The van der Waals surface area contributed by atoms with Gasteiger partial charge >= 0.3 is 0 Å². The Morgan fingerprint density at radius 3 is 3.05 bits per heavy atom. The van der Waals surface area contributed by atoms with E-state index in [0.717, 1.165) is 49.8 Å². The number of halogens is 1. The van der Waals surface area contributed by atoms with Crippen LogP contribution in [-0.4, -0.2) is 46.6 Å². The zero-order valence-corrected chi connectivity index (χ0v) is 13.7. The van der Waals surface area contributed by atoms with Crippen LogP contribution < -0.4 is 10.2 Å². The van der Waals surface area contributed by atoms with Crippen LogP contribution in [0.3, 0.4) is 0 Å². The highest BCUT2D eigenvalue weighted by Crippen LogP contribution is 2.30. The second kappa shape index (κ2) is 8.59. The van der Waals surface area contributed by atoms with Crippen LogP contribution in [0.25, 0.3) is 0 Å². The molecule has 0 aromatic heterocycles. The average molecular weight is 313 g/mol. The molecule has 1 fully saturated rings. The monoisotopic (exact) mass is 312 g/mol. The van der Waals surface area contributed by atoms with Gasteiger partial charge in [-0.05, 0) is 24.5 Å². The summed E-state index contributed by atoms with van der Waals surface area (Å²) < 4.78 is 10.8. The highest BCUT2D eigenvalue weighted by atomic mass is 35.5. The lowest BCUT2D eigenvalue weighted by Crippen LogP contribution is -2.30. The minimum atomic E-state index is 0.320. The lowest BCUT2D eigenvalue weighted by Gasteiger charge is -2.26. The van der Waals surface area contributed by atoms with Crippen molar-refractivity contribution in [2.75, 3.05) is 45.4 Å². The van der Waals surface area contributed by atoms with Gasteiger partial charge in [0, 0.05) is 40.4 Å². The molecule has 0 bridgehead atoms. The van der Waals surface area contributed by atoms with Crippen molar-refractivity contribution in [2.45, 2.75) is 25.5 Å². The van der Waals surface area contributed by atoms with E-state index in [1.165, 1.54) is 5.56 Å². The number of hydrogen-bond acceptors (Lipinski definition) is 4. The Morgan fingerprint density at radius 1 is 1.48 bits per heavy atom. The molecule has 0 saturated carbocycles. The smallest absolute Gasteiger partial charge is 0.0750 e. The summed E-state index contributed by atoms with van der Waals surface area (Å²) in [6, 6.07) is 6.06. The lowest BCUT2D eigenvalue weighted by molar-refractivity contribution is 0.116. The molecule has 1 unspecified atom stereocenters. The molecule has 1 saturated heterocycles. The van der Waals surface area contributed by atoms with Crippen LogP contribution in [0.4, 0.5) is 5.69 Å². The Morgan fingerprint density at radius 2 is 2.33 bits per heavy atom. The van der Waals surface area contributed by atoms with Gasteiger partial charge in [-0.25, -0.2) is 0 Å². The fourth-order valence-corrected chi connectivity index (χ4v) is 3.05. The van der Waals surface area contributed by atoms with Crippen molar-refractivity contribution in [3.8, 4) is 0 Å². The van der Waals surface area contributed by atoms with Crippen molar-refractivity contribution in [2.24, 2.45) is 0 Å². The summed E-state index contributed by atoms with van der Waals surface area (Å²) >= 11 is 6.41. The third kappa shape index (κ3) is 4.85. The average Bonchev–Trinajstić information content (AvgIpc) is 2.96. The zero-order chi connectivity index (χ0) is 15.1. The molecule has 1 aliphatic heterocycles. The molecular weight excluding hydrogens is 288 g/mol. The maximum Gasteiger partial charge on any atom is 0.0750 e. The molecule has 0 radical (unpaired) electrons. The first kappa shape index (κ1) is 16.6. The third-order valence-corrected chi connectivity index (χ3v) is 4.06. The Bertz CT molecular complexity index is 436. The molecule has 21 heavy (non-hydrogen) atoms. The van der Waals surface area contributed by atoms with Crippen molar-refractivity contribution in [1.82, 2.24) is 5.32 Å². The van der Waals surface area contributed by atoms with Gasteiger partial charge in [-0.15, -0.1) is 0 Å². The molecule has 2 rings (SSSR count). The van der Waals surface area contributed by atoms with Gasteiger partial charge in [0.15, 0.2) is 0 Å². The van der Waals surface area contributed by atoms with Crippen molar-refractivity contribution in [1.29, 1.82) is 0 Å². The number of nitrogens with zero attached hydrogens (tertiary/aromatic N) is 1. The summed E-state index contributed by atoms with van der Waals surface area (Å²) in [5.41, 5.74) is 2.30. The predicted octanol–water partition coefficient (Wildman–Crippen LogP) is 2.69. The van der Waals surface area contributed by atoms with Crippen molar-refractivity contribution >= 4 is 17.3 Å². The van der Waals surface area contributed by atoms with Gasteiger partial charge in [0.05, 0.1) is 23.4 Å². The fraction of sp³-hybridized carbons (Fsp3) is 0.625. The van der Waals surface area contributed by atoms with Crippen LogP contribution in [0.5, 0.6) is 0 Å². The van der Waals surface area contributed by atoms with Gasteiger partial charge in [0.2, 0.25) is 0 Å². The summed E-state index contributed by atoms with van der Waals surface area (Å²) in [4.78, 5) is 2.21. The molecule has 1 aromatic carbocycles. The van der Waals surface area contributed by atoms with Gasteiger partial charge in [-0.2, -0.15) is 0 Å². The molecule has 1 heterocycles. The van der Waals surface area contributed by atoms with Gasteiger partial charge in [-0.1, -0.05) is 23.7 Å². The van der Waals surface area contributed by atoms with E-state index in [4.69, 9.17) is 21.1 Å². The number of para-hydroxylation sites is 1. The molecule has 0 spiro atoms. The number of ether oxygens (including phenoxy) is 2. The van der Waals surface area contributed by atoms with Crippen LogP contribution in [0.2, 0.25) is 5.02 Å². The van der Waals surface area contributed by atoms with Crippen LogP contribution in [0, 0.1) is 0 Å². The molecule has 1 aromatic rings. The van der Waals surface area contributed by atoms with Crippen LogP contribution in [0.1, 0.15) is 18.4 Å². The standard InChI is InChI=1S/C16H25ClN2O2/c1-19(12-14-6-4-9-21-14)16-13(5-3-7-15(16)17)11-18-8-10-20-2/h3,5,7,14,18H,4,6,8-12H2,1-2H3. The number of nitrogens with one attached hydrogen (secondary N) is 1. The highest BCUT2D eigenvalue weighted by molar-refractivity contribution is 6.33. The summed E-state index contributed by atoms with van der Waals surface area (Å²) in [6.07, 6.45) is 2.61. The first-order valence-corrected chi connectivity index (χ1v) is 7.90. The molecule has 1 atom stereocenters. The molecule has 0 amide bonds. The first-order valence-electron chi connectivity index (χ1n) is 7.52. The van der Waals surface area contributed by atoms with E-state index < -0.39 is 0 Å². The van der Waals surface area contributed by atoms with E-state index in [9.17, 15) is 0 Å². The number of likely N-dealkylation sites (N-methyl/N-ethyl adjacent to an activating group) is 1. The SMILES string of the molecule is COCCNCc1cccc(Cl)c1N(C)CC1CCCO1. The Balaban J connectivity index is 2.01.